The van der Waals surface area contributed by atoms with Gasteiger partial charge in [0.25, 0.3) is 0 Å². The third-order valence-corrected chi connectivity index (χ3v) is 5.66. The van der Waals surface area contributed by atoms with E-state index in [0.29, 0.717) is 23.1 Å². The van der Waals surface area contributed by atoms with Gasteiger partial charge in [-0.3, -0.25) is 9.80 Å². The molecule has 6 heteroatoms. The number of anilines is 1. The third-order valence-electron chi connectivity index (χ3n) is 5.66. The number of nitrogens with zero attached hydrogens (tertiary/aromatic N) is 2. The summed E-state index contributed by atoms with van der Waals surface area (Å²) in [5.74, 6) is 0.0255. The van der Waals surface area contributed by atoms with E-state index >= 15 is 0 Å². The Morgan fingerprint density at radius 1 is 1.03 bits per heavy atom. The van der Waals surface area contributed by atoms with Crippen LogP contribution < -0.4 is 10.6 Å². The number of ketones is 1. The van der Waals surface area contributed by atoms with Gasteiger partial charge >= 0.3 is 5.63 Å². The first-order chi connectivity index (χ1) is 15.5. The molecule has 0 aliphatic carbocycles. The number of hydrogen-bond acceptors (Lipinski definition) is 6. The van der Waals surface area contributed by atoms with Crippen LogP contribution in [0.1, 0.15) is 40.9 Å². The van der Waals surface area contributed by atoms with E-state index in [9.17, 15) is 14.7 Å². The van der Waals surface area contributed by atoms with Gasteiger partial charge in [-0.1, -0.05) is 30.3 Å². The number of hydrazone groups is 1. The summed E-state index contributed by atoms with van der Waals surface area (Å²) in [6, 6.07) is 23.2. The highest BCUT2D eigenvalue weighted by molar-refractivity contribution is 6.03. The van der Waals surface area contributed by atoms with Gasteiger partial charge in [0.15, 0.2) is 5.78 Å². The van der Waals surface area contributed by atoms with E-state index < -0.39 is 5.63 Å². The summed E-state index contributed by atoms with van der Waals surface area (Å²) in [6.07, 6.45) is 0.521. The summed E-state index contributed by atoms with van der Waals surface area (Å²) in [5, 5.41) is 17.1. The Kier molecular flexibility index (Phi) is 4.82. The molecule has 1 aliphatic heterocycles. The number of fused-ring (bicyclic) bond motifs is 1. The first-order valence-electron chi connectivity index (χ1n) is 10.3. The van der Waals surface area contributed by atoms with Crippen LogP contribution in [-0.4, -0.2) is 16.6 Å². The normalized spacial score (nSPS) is 15.7. The van der Waals surface area contributed by atoms with Crippen molar-refractivity contribution < 1.29 is 14.3 Å². The molecule has 0 saturated heterocycles. The minimum absolute atomic E-state index is 0.0126. The Bertz CT molecular complexity index is 1410. The van der Waals surface area contributed by atoms with Crippen molar-refractivity contribution in [2.24, 2.45) is 5.10 Å². The van der Waals surface area contributed by atoms with Crippen LogP contribution in [0, 0.1) is 0 Å². The zero-order valence-corrected chi connectivity index (χ0v) is 17.4. The molecular formula is C26H20N2O4. The lowest BCUT2D eigenvalue weighted by atomic mass is 9.98. The maximum atomic E-state index is 12.9. The average molecular weight is 424 g/mol. The largest absolute Gasteiger partial charge is 0.508 e. The molecule has 1 atom stereocenters. The number of carbonyl (C=O) groups excluding carboxylic acids is 1. The van der Waals surface area contributed by atoms with Gasteiger partial charge in [-0.15, -0.1) is 0 Å². The van der Waals surface area contributed by atoms with Crippen molar-refractivity contribution in [1.82, 2.24) is 0 Å². The second-order valence-electron chi connectivity index (χ2n) is 7.79. The van der Waals surface area contributed by atoms with Crippen LogP contribution >= 0.6 is 0 Å². The second-order valence-corrected chi connectivity index (χ2v) is 7.79. The maximum Gasteiger partial charge on any atom is 0.341 e. The summed E-state index contributed by atoms with van der Waals surface area (Å²) in [7, 11) is 0. The fourth-order valence-corrected chi connectivity index (χ4v) is 3.99. The highest BCUT2D eigenvalue weighted by Crippen LogP contribution is 2.36. The van der Waals surface area contributed by atoms with Crippen LogP contribution in [0.4, 0.5) is 5.69 Å². The van der Waals surface area contributed by atoms with Gasteiger partial charge in [-0.2, -0.15) is 5.10 Å². The summed E-state index contributed by atoms with van der Waals surface area (Å²) < 4.78 is 5.52. The van der Waals surface area contributed by atoms with Gasteiger partial charge in [0.05, 0.1) is 23.0 Å². The van der Waals surface area contributed by atoms with Gasteiger partial charge < -0.3 is 9.52 Å². The van der Waals surface area contributed by atoms with E-state index in [1.54, 1.807) is 30.3 Å². The van der Waals surface area contributed by atoms with Crippen LogP contribution in [0.3, 0.4) is 0 Å². The number of hydrogen-bond donors (Lipinski definition) is 1. The molecule has 158 valence electrons. The fourth-order valence-electron chi connectivity index (χ4n) is 3.99. The predicted octanol–water partition coefficient (Wildman–Crippen LogP) is 5.06. The lowest BCUT2D eigenvalue weighted by Gasteiger charge is -2.23. The van der Waals surface area contributed by atoms with Crippen LogP contribution in [0.5, 0.6) is 5.75 Å². The molecule has 4 aromatic rings. The zero-order chi connectivity index (χ0) is 22.2. The van der Waals surface area contributed by atoms with Crippen LogP contribution in [0.2, 0.25) is 0 Å². The Balaban J connectivity index is 1.62. The van der Waals surface area contributed by atoms with Gasteiger partial charge in [-0.25, -0.2) is 4.79 Å². The molecule has 0 spiro atoms. The van der Waals surface area contributed by atoms with Crippen molar-refractivity contribution in [3.8, 4) is 5.75 Å². The summed E-state index contributed by atoms with van der Waals surface area (Å²) in [4.78, 5) is 24.6. The topological polar surface area (TPSA) is 83.1 Å². The van der Waals surface area contributed by atoms with Crippen molar-refractivity contribution in [1.29, 1.82) is 0 Å². The third kappa shape index (κ3) is 3.56. The van der Waals surface area contributed by atoms with Gasteiger partial charge in [0.1, 0.15) is 11.3 Å². The SMILES string of the molecule is CC(=O)c1ccc(N2N=C(c3ccccc3)CC2c2cc3ccc(O)cc3oc2=O)cc1. The molecule has 0 bridgehead atoms. The number of Topliss-reactive ketones (excluding diaryl/α,β-unsaturated/α-hetero) is 1. The number of carbonyl (C=O) groups is 1. The highest BCUT2D eigenvalue weighted by atomic mass is 16.4. The Labute approximate surface area is 184 Å². The molecule has 6 nitrogen and oxygen atoms in total. The van der Waals surface area contributed by atoms with E-state index in [4.69, 9.17) is 9.52 Å². The van der Waals surface area contributed by atoms with Gasteiger partial charge in [0, 0.05) is 23.4 Å². The molecule has 1 N–H and O–H groups in total. The minimum Gasteiger partial charge on any atom is -0.508 e. The zero-order valence-electron chi connectivity index (χ0n) is 17.4. The lowest BCUT2D eigenvalue weighted by molar-refractivity contribution is 0.101. The Morgan fingerprint density at radius 3 is 2.50 bits per heavy atom. The molecule has 0 amide bonds. The predicted molar refractivity (Wildman–Crippen MR) is 123 cm³/mol. The first-order valence-corrected chi connectivity index (χ1v) is 10.3. The monoisotopic (exact) mass is 424 g/mol. The molecule has 1 aromatic heterocycles. The highest BCUT2D eigenvalue weighted by Gasteiger charge is 2.32. The molecule has 0 radical (unpaired) electrons. The number of phenolic OH excluding ortho intramolecular Hbond substituents is 1. The average Bonchev–Trinajstić information content (AvgIpc) is 3.24. The van der Waals surface area contributed by atoms with Crippen LogP contribution in [0.15, 0.2) is 93.2 Å². The van der Waals surface area contributed by atoms with Crippen molar-refractivity contribution in [3.05, 3.63) is 106 Å². The summed E-state index contributed by atoms with van der Waals surface area (Å²) in [6.45, 7) is 1.53. The quantitative estimate of drug-likeness (QED) is 0.366. The molecule has 1 aliphatic rings. The smallest absolute Gasteiger partial charge is 0.341 e. The van der Waals surface area contributed by atoms with E-state index in [2.05, 4.69) is 0 Å². The van der Waals surface area contributed by atoms with Gasteiger partial charge in [0.2, 0.25) is 0 Å². The molecule has 3 aromatic carbocycles. The molecule has 5 rings (SSSR count). The summed E-state index contributed by atoms with van der Waals surface area (Å²) >= 11 is 0. The molecular weight excluding hydrogens is 404 g/mol. The minimum atomic E-state index is -0.469. The number of aromatic hydroxyl groups is 1. The fraction of sp³-hybridized carbons (Fsp3) is 0.115. The van der Waals surface area contributed by atoms with E-state index in [1.165, 1.54) is 13.0 Å². The molecule has 2 heterocycles. The molecule has 32 heavy (non-hydrogen) atoms. The number of phenols is 1. The molecule has 0 saturated carbocycles. The lowest BCUT2D eigenvalue weighted by Crippen LogP contribution is -2.24. The number of rotatable bonds is 4. The summed E-state index contributed by atoms with van der Waals surface area (Å²) in [5.41, 5.74) is 3.57. The van der Waals surface area contributed by atoms with E-state index in [0.717, 1.165) is 22.3 Å². The van der Waals surface area contributed by atoms with Crippen molar-refractivity contribution in [3.63, 3.8) is 0 Å². The van der Waals surface area contributed by atoms with E-state index in [-0.39, 0.29) is 17.6 Å². The standard InChI is InChI=1S/C26H20N2O4/c1-16(29)17-7-10-20(11-8-17)28-24(15-23(27-28)18-5-3-2-4-6-18)22-13-19-9-12-21(30)14-25(19)32-26(22)31/h2-14,24,30H,15H2,1H3. The molecule has 0 fully saturated rings. The number of benzene rings is 3. The van der Waals surface area contributed by atoms with Crippen molar-refractivity contribution in [2.75, 3.05) is 5.01 Å². The Hall–Kier alpha value is -4.19. The second kappa shape index (κ2) is 7.81. The maximum absolute atomic E-state index is 12.9. The Morgan fingerprint density at radius 2 is 1.78 bits per heavy atom. The van der Waals surface area contributed by atoms with Crippen LogP contribution in [0.25, 0.3) is 11.0 Å². The first kappa shape index (κ1) is 19.8. The van der Waals surface area contributed by atoms with Gasteiger partial charge in [-0.05, 0) is 55.0 Å². The molecule has 1 unspecified atom stereocenters. The van der Waals surface area contributed by atoms with Crippen molar-refractivity contribution in [2.45, 2.75) is 19.4 Å². The van der Waals surface area contributed by atoms with E-state index in [1.807, 2.05) is 47.5 Å². The van der Waals surface area contributed by atoms with Crippen molar-refractivity contribution >= 4 is 28.2 Å². The van der Waals surface area contributed by atoms with Crippen LogP contribution in [-0.2, 0) is 0 Å².